The van der Waals surface area contributed by atoms with Crippen molar-refractivity contribution in [2.75, 3.05) is 19.7 Å². The summed E-state index contributed by atoms with van der Waals surface area (Å²) in [7, 11) is 0. The Bertz CT molecular complexity index is 875. The summed E-state index contributed by atoms with van der Waals surface area (Å²) in [6.45, 7) is 3.61. The van der Waals surface area contributed by atoms with Crippen LogP contribution in [0.1, 0.15) is 44.9 Å². The smallest absolute Gasteiger partial charge is 0.312 e. The van der Waals surface area contributed by atoms with Gasteiger partial charge in [0.05, 0.1) is 12.2 Å². The summed E-state index contributed by atoms with van der Waals surface area (Å²) in [5.74, 6) is 0.484. The van der Waals surface area contributed by atoms with Gasteiger partial charge in [0, 0.05) is 19.1 Å². The van der Waals surface area contributed by atoms with Crippen LogP contribution in [0.5, 0.6) is 5.75 Å². The Balaban J connectivity index is 1.43. The van der Waals surface area contributed by atoms with Crippen molar-refractivity contribution in [3.05, 3.63) is 30.2 Å². The number of carbonyl (C=O) groups is 2. The average Bonchev–Trinajstić information content (AvgIpc) is 3.21. The molecule has 2 fully saturated rings. The zero-order chi connectivity index (χ0) is 20.2. The highest BCUT2D eigenvalue weighted by molar-refractivity contribution is 6.35. The largest absolute Gasteiger partial charge is 0.493 e. The van der Waals surface area contributed by atoms with Gasteiger partial charge in [-0.1, -0.05) is 36.6 Å². The number of nitrogens with zero attached hydrogens (tertiary/aromatic N) is 4. The van der Waals surface area contributed by atoms with Crippen molar-refractivity contribution in [3.63, 3.8) is 0 Å². The Hall–Kier alpha value is -2.90. The summed E-state index contributed by atoms with van der Waals surface area (Å²) in [6.07, 6.45) is 5.45. The zero-order valence-corrected chi connectivity index (χ0v) is 16.7. The van der Waals surface area contributed by atoms with Crippen molar-refractivity contribution in [2.24, 2.45) is 0 Å². The molecule has 2 amide bonds. The first-order chi connectivity index (χ1) is 14.2. The second-order valence-corrected chi connectivity index (χ2v) is 7.46. The molecule has 0 radical (unpaired) electrons. The highest BCUT2D eigenvalue weighted by Gasteiger charge is 2.37. The van der Waals surface area contributed by atoms with E-state index in [0.717, 1.165) is 31.2 Å². The molecular formula is C21H26N4O4. The maximum Gasteiger partial charge on any atom is 0.312 e. The lowest BCUT2D eigenvalue weighted by atomic mass is 9.93. The van der Waals surface area contributed by atoms with Crippen LogP contribution in [-0.4, -0.2) is 57.5 Å². The third-order valence-corrected chi connectivity index (χ3v) is 5.58. The first-order valence-corrected chi connectivity index (χ1v) is 10.3. The Labute approximate surface area is 169 Å². The number of aromatic nitrogens is 2. The first-order valence-electron chi connectivity index (χ1n) is 10.3. The van der Waals surface area contributed by atoms with Gasteiger partial charge in [-0.05, 0) is 31.9 Å². The number of ether oxygens (including phenoxy) is 1. The summed E-state index contributed by atoms with van der Waals surface area (Å²) in [4.78, 5) is 32.9. The minimum Gasteiger partial charge on any atom is -0.493 e. The molecule has 0 unspecified atom stereocenters. The molecule has 1 aromatic heterocycles. The normalized spacial score (nSPS) is 18.4. The number of hydrogen-bond acceptors (Lipinski definition) is 6. The number of carbonyl (C=O) groups excluding carboxylic acids is 2. The minimum absolute atomic E-state index is 0.132. The molecule has 2 aliphatic rings. The second-order valence-electron chi connectivity index (χ2n) is 7.46. The molecule has 1 aliphatic carbocycles. The molecular weight excluding hydrogens is 372 g/mol. The maximum absolute atomic E-state index is 12.6. The Kier molecular flexibility index (Phi) is 5.78. The fourth-order valence-electron chi connectivity index (χ4n) is 4.11. The third-order valence-electron chi connectivity index (χ3n) is 5.58. The van der Waals surface area contributed by atoms with Crippen molar-refractivity contribution < 1.29 is 18.8 Å². The summed E-state index contributed by atoms with van der Waals surface area (Å²) in [5, 5.41) is 4.03. The lowest BCUT2D eigenvalue weighted by molar-refractivity contribution is -0.158. The van der Waals surface area contributed by atoms with Gasteiger partial charge in [0.2, 0.25) is 11.7 Å². The maximum atomic E-state index is 12.6. The van der Waals surface area contributed by atoms with Crippen molar-refractivity contribution >= 4 is 11.8 Å². The van der Waals surface area contributed by atoms with E-state index in [1.807, 2.05) is 31.2 Å². The second kappa shape index (κ2) is 8.63. The number of para-hydroxylation sites is 1. The van der Waals surface area contributed by atoms with Crippen molar-refractivity contribution in [1.82, 2.24) is 19.9 Å². The average molecular weight is 398 g/mol. The lowest BCUT2D eigenvalue weighted by Crippen LogP contribution is -2.57. The van der Waals surface area contributed by atoms with Crippen LogP contribution in [0.3, 0.4) is 0 Å². The molecule has 0 N–H and O–H groups in total. The minimum atomic E-state index is -0.490. The molecule has 29 heavy (non-hydrogen) atoms. The molecule has 2 heterocycles. The molecule has 1 saturated heterocycles. The van der Waals surface area contributed by atoms with Crippen LogP contribution in [0.4, 0.5) is 0 Å². The molecule has 0 atom stereocenters. The first kappa shape index (κ1) is 19.4. The summed E-state index contributed by atoms with van der Waals surface area (Å²) in [6, 6.07) is 7.66. The van der Waals surface area contributed by atoms with Crippen LogP contribution in [0, 0.1) is 0 Å². The fourth-order valence-corrected chi connectivity index (χ4v) is 4.11. The summed E-state index contributed by atoms with van der Waals surface area (Å²) in [5.41, 5.74) is 0.730. The zero-order valence-electron chi connectivity index (χ0n) is 16.7. The molecule has 1 aliphatic heterocycles. The van der Waals surface area contributed by atoms with E-state index in [1.54, 1.807) is 4.90 Å². The molecule has 0 bridgehead atoms. The van der Waals surface area contributed by atoms with E-state index in [4.69, 9.17) is 9.26 Å². The Morgan fingerprint density at radius 2 is 1.90 bits per heavy atom. The van der Waals surface area contributed by atoms with Crippen molar-refractivity contribution in [3.8, 4) is 17.1 Å². The van der Waals surface area contributed by atoms with E-state index in [9.17, 15) is 9.59 Å². The van der Waals surface area contributed by atoms with Gasteiger partial charge in [-0.25, -0.2) is 0 Å². The van der Waals surface area contributed by atoms with Crippen LogP contribution < -0.4 is 4.74 Å². The molecule has 2 aromatic rings. The predicted octanol–water partition coefficient (Wildman–Crippen LogP) is 2.64. The number of benzene rings is 1. The van der Waals surface area contributed by atoms with E-state index in [-0.39, 0.29) is 12.6 Å². The van der Waals surface area contributed by atoms with Gasteiger partial charge < -0.3 is 19.1 Å². The fraction of sp³-hybridized carbons (Fsp3) is 0.524. The molecule has 0 spiro atoms. The van der Waals surface area contributed by atoms with Crippen molar-refractivity contribution in [2.45, 2.75) is 51.6 Å². The van der Waals surface area contributed by atoms with Gasteiger partial charge in [-0.15, -0.1) is 0 Å². The molecule has 8 nitrogen and oxygen atoms in total. The SMILES string of the molecule is CCOc1ccccc1-c1noc(CN2CCN(C3CCCCC3)C(=O)C2=O)n1. The van der Waals surface area contributed by atoms with E-state index in [1.165, 1.54) is 11.3 Å². The highest BCUT2D eigenvalue weighted by atomic mass is 16.5. The molecule has 1 aromatic carbocycles. The number of rotatable bonds is 6. The van der Waals surface area contributed by atoms with Crippen LogP contribution in [0.25, 0.3) is 11.4 Å². The van der Waals surface area contributed by atoms with Gasteiger partial charge in [0.1, 0.15) is 12.3 Å². The van der Waals surface area contributed by atoms with Gasteiger partial charge in [0.25, 0.3) is 0 Å². The van der Waals surface area contributed by atoms with Crippen LogP contribution in [-0.2, 0) is 16.1 Å². The molecule has 154 valence electrons. The molecule has 1 saturated carbocycles. The topological polar surface area (TPSA) is 88.8 Å². The van der Waals surface area contributed by atoms with Crippen molar-refractivity contribution in [1.29, 1.82) is 0 Å². The summed E-state index contributed by atoms with van der Waals surface area (Å²) < 4.78 is 11.0. The van der Waals surface area contributed by atoms with Crippen LogP contribution in [0.2, 0.25) is 0 Å². The number of amides is 2. The van der Waals surface area contributed by atoms with E-state index in [2.05, 4.69) is 10.1 Å². The molecule has 4 rings (SSSR count). The molecule has 8 heteroatoms. The third kappa shape index (κ3) is 4.11. The lowest BCUT2D eigenvalue weighted by Gasteiger charge is -2.39. The number of hydrogen-bond donors (Lipinski definition) is 0. The van der Waals surface area contributed by atoms with E-state index in [0.29, 0.717) is 37.2 Å². The number of piperazine rings is 1. The van der Waals surface area contributed by atoms with Gasteiger partial charge in [-0.2, -0.15) is 4.98 Å². The summed E-state index contributed by atoms with van der Waals surface area (Å²) >= 11 is 0. The Morgan fingerprint density at radius 3 is 2.69 bits per heavy atom. The van der Waals surface area contributed by atoms with E-state index >= 15 is 0 Å². The van der Waals surface area contributed by atoms with Crippen LogP contribution in [0.15, 0.2) is 28.8 Å². The monoisotopic (exact) mass is 398 g/mol. The highest BCUT2D eigenvalue weighted by Crippen LogP contribution is 2.28. The predicted molar refractivity (Wildman–Crippen MR) is 105 cm³/mol. The van der Waals surface area contributed by atoms with Crippen LogP contribution >= 0.6 is 0 Å². The van der Waals surface area contributed by atoms with Gasteiger partial charge >= 0.3 is 11.8 Å². The Morgan fingerprint density at radius 1 is 1.10 bits per heavy atom. The van der Waals surface area contributed by atoms with Gasteiger partial charge in [-0.3, -0.25) is 9.59 Å². The van der Waals surface area contributed by atoms with E-state index < -0.39 is 11.8 Å². The van der Waals surface area contributed by atoms with Gasteiger partial charge in [0.15, 0.2) is 0 Å². The quantitative estimate of drug-likeness (QED) is 0.695. The standard InChI is InChI=1S/C21H26N4O4/c1-2-28-17-11-7-6-10-16(17)19-22-18(29-23-19)14-24-12-13-25(21(27)20(24)26)15-8-4-3-5-9-15/h6-7,10-11,15H,2-5,8-9,12-14H2,1H3.